The van der Waals surface area contributed by atoms with Crippen LogP contribution in [0, 0.1) is 6.92 Å². The van der Waals surface area contributed by atoms with Gasteiger partial charge >= 0.3 is 0 Å². The highest BCUT2D eigenvalue weighted by Gasteiger charge is 2.38. The molecular weight excluding hydrogens is 312 g/mol. The van der Waals surface area contributed by atoms with Gasteiger partial charge in [0, 0.05) is 19.1 Å². The Morgan fingerprint density at radius 2 is 1.90 bits per heavy atom. The van der Waals surface area contributed by atoms with Gasteiger partial charge in [-0.2, -0.15) is 5.10 Å². The van der Waals surface area contributed by atoms with Crippen LogP contribution in [0.2, 0.25) is 5.15 Å². The lowest BCUT2D eigenvalue weighted by atomic mass is 9.86. The topological polar surface area (TPSA) is 67.2 Å². The first kappa shape index (κ1) is 15.3. The van der Waals surface area contributed by atoms with E-state index in [-0.39, 0.29) is 16.1 Å². The van der Waals surface area contributed by atoms with Crippen LogP contribution in [0.15, 0.2) is 4.90 Å². The van der Waals surface area contributed by atoms with Crippen molar-refractivity contribution < 1.29 is 8.42 Å². The molecule has 0 aromatic carbocycles. The zero-order valence-corrected chi connectivity index (χ0v) is 13.9. The van der Waals surface area contributed by atoms with E-state index in [1.165, 1.54) is 17.5 Å². The summed E-state index contributed by atoms with van der Waals surface area (Å²) in [5.74, 6) is 0. The maximum absolute atomic E-state index is 12.5. The molecule has 0 radical (unpaired) electrons. The molecular formula is C13H21ClN4O2S. The quantitative estimate of drug-likeness (QED) is 0.902. The van der Waals surface area contributed by atoms with E-state index in [0.29, 0.717) is 11.7 Å². The van der Waals surface area contributed by atoms with Gasteiger partial charge in [-0.3, -0.25) is 4.68 Å². The Hall–Kier alpha value is -0.630. The molecule has 0 spiro atoms. The predicted octanol–water partition coefficient (Wildman–Crippen LogP) is 1.29. The van der Waals surface area contributed by atoms with Gasteiger partial charge in [0.2, 0.25) is 10.0 Å². The minimum atomic E-state index is -3.59. The molecule has 21 heavy (non-hydrogen) atoms. The minimum absolute atomic E-state index is 0.0104. The van der Waals surface area contributed by atoms with Gasteiger partial charge in [-0.1, -0.05) is 11.6 Å². The van der Waals surface area contributed by atoms with E-state index in [4.69, 9.17) is 11.6 Å². The van der Waals surface area contributed by atoms with E-state index in [9.17, 15) is 8.42 Å². The van der Waals surface area contributed by atoms with Gasteiger partial charge in [0.1, 0.15) is 10.0 Å². The van der Waals surface area contributed by atoms with Gasteiger partial charge < -0.3 is 4.90 Å². The molecule has 1 saturated heterocycles. The van der Waals surface area contributed by atoms with E-state index >= 15 is 0 Å². The van der Waals surface area contributed by atoms with Crippen molar-refractivity contribution in [2.45, 2.75) is 49.6 Å². The normalized spacial score (nSPS) is 27.0. The number of likely N-dealkylation sites (tertiary alicyclic amines) is 1. The Kier molecular flexibility index (Phi) is 4.02. The average Bonchev–Trinajstić information content (AvgIpc) is 2.93. The molecule has 6 nitrogen and oxygen atoms in total. The predicted molar refractivity (Wildman–Crippen MR) is 80.9 cm³/mol. The van der Waals surface area contributed by atoms with Crippen molar-refractivity contribution in [2.24, 2.45) is 7.05 Å². The fourth-order valence-electron chi connectivity index (χ4n) is 3.28. The van der Waals surface area contributed by atoms with Crippen LogP contribution in [0.3, 0.4) is 0 Å². The third-order valence-electron chi connectivity index (χ3n) is 4.46. The summed E-state index contributed by atoms with van der Waals surface area (Å²) in [4.78, 5) is 2.57. The summed E-state index contributed by atoms with van der Waals surface area (Å²) in [6.07, 6.45) is 4.29. The monoisotopic (exact) mass is 332 g/mol. The molecule has 0 atom stereocenters. The van der Waals surface area contributed by atoms with Crippen molar-refractivity contribution in [3.63, 3.8) is 0 Å². The molecule has 1 N–H and O–H groups in total. The van der Waals surface area contributed by atoms with Gasteiger partial charge in [-0.05, 0) is 45.7 Å². The van der Waals surface area contributed by atoms with Crippen molar-refractivity contribution in [3.05, 3.63) is 10.8 Å². The van der Waals surface area contributed by atoms with Gasteiger partial charge in [0.25, 0.3) is 0 Å². The van der Waals surface area contributed by atoms with E-state index in [1.54, 1.807) is 14.0 Å². The van der Waals surface area contributed by atoms with Crippen molar-refractivity contribution in [1.82, 2.24) is 19.4 Å². The summed E-state index contributed by atoms with van der Waals surface area (Å²) in [6, 6.07) is 0.543. The second kappa shape index (κ2) is 5.53. The Morgan fingerprint density at radius 3 is 2.43 bits per heavy atom. The highest BCUT2D eigenvalue weighted by atomic mass is 35.5. The van der Waals surface area contributed by atoms with Gasteiger partial charge in [0.15, 0.2) is 0 Å². The van der Waals surface area contributed by atoms with Crippen LogP contribution >= 0.6 is 11.6 Å². The lowest BCUT2D eigenvalue weighted by Gasteiger charge is -2.41. The summed E-state index contributed by atoms with van der Waals surface area (Å²) < 4.78 is 29.1. The van der Waals surface area contributed by atoms with Crippen LogP contribution in [0.4, 0.5) is 0 Å². The highest BCUT2D eigenvalue weighted by molar-refractivity contribution is 7.89. The molecule has 3 rings (SSSR count). The fourth-order valence-corrected chi connectivity index (χ4v) is 5.30. The third kappa shape index (κ3) is 2.84. The lowest BCUT2D eigenvalue weighted by Crippen LogP contribution is -2.53. The average molecular weight is 333 g/mol. The minimum Gasteiger partial charge on any atom is -0.300 e. The number of halogens is 1. The summed E-state index contributed by atoms with van der Waals surface area (Å²) >= 11 is 6.05. The van der Waals surface area contributed by atoms with Crippen LogP contribution < -0.4 is 4.72 Å². The molecule has 2 fully saturated rings. The second-order valence-corrected chi connectivity index (χ2v) is 8.02. The van der Waals surface area contributed by atoms with Crippen LogP contribution in [0.5, 0.6) is 0 Å². The number of rotatable bonds is 4. The first-order valence-corrected chi connectivity index (χ1v) is 9.20. The van der Waals surface area contributed by atoms with Crippen LogP contribution in [-0.2, 0) is 17.1 Å². The first-order chi connectivity index (χ1) is 9.88. The summed E-state index contributed by atoms with van der Waals surface area (Å²) in [5, 5.41) is 4.23. The molecule has 1 saturated carbocycles. The molecule has 0 unspecified atom stereocenters. The first-order valence-electron chi connectivity index (χ1n) is 7.34. The van der Waals surface area contributed by atoms with Gasteiger partial charge in [0.05, 0.1) is 5.69 Å². The number of hydrogen-bond acceptors (Lipinski definition) is 4. The van der Waals surface area contributed by atoms with Crippen LogP contribution in [-0.4, -0.2) is 48.3 Å². The summed E-state index contributed by atoms with van der Waals surface area (Å²) in [6.45, 7) is 3.96. The van der Waals surface area contributed by atoms with Crippen LogP contribution in [0.25, 0.3) is 0 Å². The third-order valence-corrected chi connectivity index (χ3v) is 6.68. The molecule has 8 heteroatoms. The smallest absolute Gasteiger partial charge is 0.245 e. The Bertz CT molecular complexity index is 631. The van der Waals surface area contributed by atoms with E-state index in [1.807, 2.05) is 0 Å². The van der Waals surface area contributed by atoms with Crippen molar-refractivity contribution >= 4 is 21.6 Å². The maximum Gasteiger partial charge on any atom is 0.245 e. The number of nitrogens with one attached hydrogen (secondary N) is 1. The molecule has 1 aromatic rings. The Labute approximate surface area is 130 Å². The Balaban J connectivity index is 1.65. The molecule has 2 heterocycles. The number of sulfonamides is 1. The van der Waals surface area contributed by atoms with Crippen molar-refractivity contribution in [1.29, 1.82) is 0 Å². The van der Waals surface area contributed by atoms with Gasteiger partial charge in [-0.25, -0.2) is 13.1 Å². The highest BCUT2D eigenvalue weighted by Crippen LogP contribution is 2.31. The molecule has 0 amide bonds. The van der Waals surface area contributed by atoms with Crippen molar-refractivity contribution in [2.75, 3.05) is 13.1 Å². The Morgan fingerprint density at radius 1 is 1.29 bits per heavy atom. The van der Waals surface area contributed by atoms with E-state index in [2.05, 4.69) is 14.7 Å². The summed E-state index contributed by atoms with van der Waals surface area (Å²) in [7, 11) is -1.95. The number of aryl methyl sites for hydroxylation is 2. The second-order valence-electron chi connectivity index (χ2n) is 6.02. The largest absolute Gasteiger partial charge is 0.300 e. The van der Waals surface area contributed by atoms with E-state index in [0.717, 1.165) is 25.9 Å². The van der Waals surface area contributed by atoms with E-state index < -0.39 is 10.0 Å². The SMILES string of the molecule is Cc1nn(C)c(Cl)c1S(=O)(=O)NC1CC(N2CCCC2)C1. The molecule has 2 aliphatic rings. The summed E-state index contributed by atoms with van der Waals surface area (Å²) in [5.41, 5.74) is 0.436. The number of nitrogens with zero attached hydrogens (tertiary/aromatic N) is 3. The number of hydrogen-bond donors (Lipinski definition) is 1. The maximum atomic E-state index is 12.5. The molecule has 1 aromatic heterocycles. The molecule has 118 valence electrons. The van der Waals surface area contributed by atoms with Crippen LogP contribution in [0.1, 0.15) is 31.4 Å². The molecule has 1 aliphatic carbocycles. The van der Waals surface area contributed by atoms with Gasteiger partial charge in [-0.15, -0.1) is 0 Å². The number of aromatic nitrogens is 2. The lowest BCUT2D eigenvalue weighted by molar-refractivity contribution is 0.131. The van der Waals surface area contributed by atoms with Crippen molar-refractivity contribution in [3.8, 4) is 0 Å². The zero-order chi connectivity index (χ0) is 15.2. The zero-order valence-electron chi connectivity index (χ0n) is 12.3. The molecule has 1 aliphatic heterocycles. The molecule has 0 bridgehead atoms. The standard InChI is InChI=1S/C13H21ClN4O2S/c1-9-12(13(14)17(2)15-9)21(19,20)16-10-7-11(8-10)18-5-3-4-6-18/h10-11,16H,3-8H2,1-2H3. The fraction of sp³-hybridized carbons (Fsp3) is 0.769.